The Morgan fingerprint density at radius 2 is 1.76 bits per heavy atom. The summed E-state index contributed by atoms with van der Waals surface area (Å²) in [6.07, 6.45) is 0. The molecule has 0 radical (unpaired) electrons. The lowest BCUT2D eigenvalue weighted by atomic mass is 10.1. The summed E-state index contributed by atoms with van der Waals surface area (Å²) < 4.78 is 58.1. The first kappa shape index (κ1) is 23.7. The van der Waals surface area contributed by atoms with Gasteiger partial charge < -0.3 is 10.1 Å². The topological polar surface area (TPSA) is 113 Å². The molecule has 1 N–H and O–H groups in total. The first-order valence-corrected chi connectivity index (χ1v) is 12.6. The van der Waals surface area contributed by atoms with Crippen molar-refractivity contribution in [3.63, 3.8) is 0 Å². The second kappa shape index (κ2) is 9.98. The van der Waals surface area contributed by atoms with Gasteiger partial charge in [0.2, 0.25) is 20.0 Å². The number of morpholine rings is 1. The molecular formula is C18H29N3O6S2. The lowest BCUT2D eigenvalue weighted by Crippen LogP contribution is -2.43. The molecule has 2 rings (SSSR count). The van der Waals surface area contributed by atoms with E-state index in [1.165, 1.54) is 20.7 Å². The maximum Gasteiger partial charge on any atom is 0.251 e. The minimum atomic E-state index is -3.71. The van der Waals surface area contributed by atoms with E-state index in [0.717, 1.165) is 0 Å². The van der Waals surface area contributed by atoms with Crippen LogP contribution in [0.1, 0.15) is 29.8 Å². The summed E-state index contributed by atoms with van der Waals surface area (Å²) in [5, 5.41) is 2.57. The van der Waals surface area contributed by atoms with Crippen molar-refractivity contribution in [3.8, 4) is 0 Å². The van der Waals surface area contributed by atoms with Crippen LogP contribution in [-0.4, -0.2) is 83.0 Å². The molecule has 0 atom stereocenters. The fourth-order valence-corrected chi connectivity index (χ4v) is 6.10. The SMILES string of the molecule is CCN(CC)S(=O)(=O)c1cc(C(=O)NCCS(=O)(=O)N2CCOCC2)ccc1C. The van der Waals surface area contributed by atoms with Crippen molar-refractivity contribution < 1.29 is 26.4 Å². The molecule has 1 heterocycles. The molecule has 1 fully saturated rings. The average molecular weight is 448 g/mol. The highest BCUT2D eigenvalue weighted by Gasteiger charge is 2.26. The minimum Gasteiger partial charge on any atom is -0.379 e. The van der Waals surface area contributed by atoms with Gasteiger partial charge in [-0.15, -0.1) is 0 Å². The van der Waals surface area contributed by atoms with Crippen LogP contribution in [0.25, 0.3) is 0 Å². The van der Waals surface area contributed by atoms with E-state index in [2.05, 4.69) is 5.32 Å². The fourth-order valence-electron chi connectivity index (χ4n) is 3.07. The summed E-state index contributed by atoms with van der Waals surface area (Å²) in [7, 11) is -7.19. The molecule has 1 aromatic carbocycles. The van der Waals surface area contributed by atoms with E-state index in [1.807, 2.05) is 0 Å². The lowest BCUT2D eigenvalue weighted by molar-refractivity contribution is 0.0730. The van der Waals surface area contributed by atoms with Crippen LogP contribution in [0.5, 0.6) is 0 Å². The second-order valence-corrected chi connectivity index (χ2v) is 10.6. The maximum atomic E-state index is 12.8. The second-order valence-electron chi connectivity index (χ2n) is 6.65. The van der Waals surface area contributed by atoms with Gasteiger partial charge in [-0.2, -0.15) is 8.61 Å². The van der Waals surface area contributed by atoms with Gasteiger partial charge in [0.15, 0.2) is 0 Å². The van der Waals surface area contributed by atoms with E-state index in [1.54, 1.807) is 26.8 Å². The number of hydrogen-bond donors (Lipinski definition) is 1. The molecule has 0 aromatic heterocycles. The van der Waals surface area contributed by atoms with Crippen LogP contribution >= 0.6 is 0 Å². The van der Waals surface area contributed by atoms with E-state index < -0.39 is 26.0 Å². The smallest absolute Gasteiger partial charge is 0.251 e. The van der Waals surface area contributed by atoms with Gasteiger partial charge in [-0.1, -0.05) is 19.9 Å². The summed E-state index contributed by atoms with van der Waals surface area (Å²) >= 11 is 0. The largest absolute Gasteiger partial charge is 0.379 e. The molecule has 0 saturated carbocycles. The van der Waals surface area contributed by atoms with E-state index in [-0.39, 0.29) is 22.8 Å². The number of carbonyl (C=O) groups is 1. The standard InChI is InChI=1S/C18H29N3O6S2/c1-4-20(5-2)29(25,26)17-14-16(7-6-15(17)3)18(22)19-8-13-28(23,24)21-9-11-27-12-10-21/h6-7,14H,4-5,8-13H2,1-3H3,(H,19,22). The fraction of sp³-hybridized carbons (Fsp3) is 0.611. The van der Waals surface area contributed by atoms with Gasteiger partial charge in [-0.25, -0.2) is 16.8 Å². The van der Waals surface area contributed by atoms with Crippen molar-refractivity contribution in [1.29, 1.82) is 0 Å². The van der Waals surface area contributed by atoms with E-state index in [9.17, 15) is 21.6 Å². The zero-order valence-corrected chi connectivity index (χ0v) is 18.7. The molecule has 0 spiro atoms. The third-order valence-electron chi connectivity index (χ3n) is 4.78. The summed E-state index contributed by atoms with van der Waals surface area (Å²) in [6.45, 7) is 7.10. The van der Waals surface area contributed by atoms with Crippen molar-refractivity contribution in [3.05, 3.63) is 29.3 Å². The highest BCUT2D eigenvalue weighted by molar-refractivity contribution is 7.89. The highest BCUT2D eigenvalue weighted by Crippen LogP contribution is 2.21. The van der Waals surface area contributed by atoms with Crippen LogP contribution in [0.3, 0.4) is 0 Å². The number of aryl methyl sites for hydroxylation is 1. The third kappa shape index (κ3) is 5.76. The number of hydrogen-bond acceptors (Lipinski definition) is 6. The van der Waals surface area contributed by atoms with Crippen molar-refractivity contribution >= 4 is 26.0 Å². The van der Waals surface area contributed by atoms with Crippen molar-refractivity contribution in [1.82, 2.24) is 13.9 Å². The molecule has 1 amide bonds. The zero-order chi connectivity index (χ0) is 21.7. The number of benzene rings is 1. The van der Waals surface area contributed by atoms with E-state index in [0.29, 0.717) is 45.0 Å². The molecule has 164 valence electrons. The Kier molecular flexibility index (Phi) is 8.18. The maximum absolute atomic E-state index is 12.8. The third-order valence-corrected chi connectivity index (χ3v) is 8.85. The number of amides is 1. The van der Waals surface area contributed by atoms with E-state index in [4.69, 9.17) is 4.74 Å². The molecule has 1 aliphatic rings. The Bertz CT molecular complexity index is 921. The molecule has 0 bridgehead atoms. The molecule has 0 aliphatic carbocycles. The van der Waals surface area contributed by atoms with Crippen LogP contribution in [-0.2, 0) is 24.8 Å². The summed E-state index contributed by atoms with van der Waals surface area (Å²) in [6, 6.07) is 4.45. The predicted octanol–water partition coefficient (Wildman–Crippen LogP) is 0.417. The Morgan fingerprint density at radius 3 is 2.34 bits per heavy atom. The van der Waals surface area contributed by atoms with Crippen LogP contribution in [0.2, 0.25) is 0 Å². The summed E-state index contributed by atoms with van der Waals surface area (Å²) in [5.41, 5.74) is 0.716. The molecule has 1 aliphatic heterocycles. The molecular weight excluding hydrogens is 418 g/mol. The van der Waals surface area contributed by atoms with Gasteiger partial charge in [0, 0.05) is 38.3 Å². The first-order chi connectivity index (χ1) is 13.6. The van der Waals surface area contributed by atoms with Gasteiger partial charge in [0.25, 0.3) is 5.91 Å². The lowest BCUT2D eigenvalue weighted by Gasteiger charge is -2.26. The van der Waals surface area contributed by atoms with Gasteiger partial charge in [0.05, 0.1) is 23.9 Å². The number of nitrogens with zero attached hydrogens (tertiary/aromatic N) is 2. The van der Waals surface area contributed by atoms with E-state index >= 15 is 0 Å². The van der Waals surface area contributed by atoms with Gasteiger partial charge in [-0.05, 0) is 24.6 Å². The van der Waals surface area contributed by atoms with Crippen molar-refractivity contribution in [2.24, 2.45) is 0 Å². The van der Waals surface area contributed by atoms with Crippen LogP contribution in [0, 0.1) is 6.92 Å². The van der Waals surface area contributed by atoms with Gasteiger partial charge >= 0.3 is 0 Å². The van der Waals surface area contributed by atoms with Crippen molar-refractivity contribution in [2.45, 2.75) is 25.7 Å². The van der Waals surface area contributed by atoms with Gasteiger partial charge in [0.1, 0.15) is 0 Å². The number of carbonyl (C=O) groups excluding carboxylic acids is 1. The molecule has 1 aromatic rings. The molecule has 9 nitrogen and oxygen atoms in total. The monoisotopic (exact) mass is 447 g/mol. The molecule has 29 heavy (non-hydrogen) atoms. The quantitative estimate of drug-likeness (QED) is 0.587. The Balaban J connectivity index is 2.08. The van der Waals surface area contributed by atoms with Crippen LogP contribution < -0.4 is 5.32 Å². The predicted molar refractivity (Wildman–Crippen MR) is 110 cm³/mol. The van der Waals surface area contributed by atoms with Gasteiger partial charge in [-0.3, -0.25) is 4.79 Å². The molecule has 1 saturated heterocycles. The Hall–Kier alpha value is -1.53. The van der Waals surface area contributed by atoms with Crippen LogP contribution in [0.15, 0.2) is 23.1 Å². The molecule has 11 heteroatoms. The average Bonchev–Trinajstić information content (AvgIpc) is 2.69. The Morgan fingerprint density at radius 1 is 1.14 bits per heavy atom. The Labute approximate surface area is 173 Å². The first-order valence-electron chi connectivity index (χ1n) is 9.58. The normalized spacial score (nSPS) is 16.1. The zero-order valence-electron chi connectivity index (χ0n) is 17.0. The van der Waals surface area contributed by atoms with Crippen LogP contribution in [0.4, 0.5) is 0 Å². The minimum absolute atomic E-state index is 0.0650. The number of ether oxygens (including phenoxy) is 1. The highest BCUT2D eigenvalue weighted by atomic mass is 32.2. The number of sulfonamides is 2. The van der Waals surface area contributed by atoms with Crippen molar-refractivity contribution in [2.75, 3.05) is 51.7 Å². The number of nitrogens with one attached hydrogen (secondary N) is 1. The molecule has 0 unspecified atom stereocenters. The summed E-state index contributed by atoms with van der Waals surface area (Å²) in [5.74, 6) is -0.743. The summed E-state index contributed by atoms with van der Waals surface area (Å²) in [4.78, 5) is 12.5. The number of rotatable bonds is 9.